The second kappa shape index (κ2) is 12.6. The summed E-state index contributed by atoms with van der Waals surface area (Å²) in [7, 11) is 0. The van der Waals surface area contributed by atoms with E-state index in [1.807, 2.05) is 4.90 Å². The summed E-state index contributed by atoms with van der Waals surface area (Å²) in [6.07, 6.45) is 6.11. The van der Waals surface area contributed by atoms with E-state index in [0.717, 1.165) is 65.0 Å². The molecule has 1 amide bonds. The van der Waals surface area contributed by atoms with E-state index in [2.05, 4.69) is 67.2 Å². The number of Topliss-reactive ketones (excluding diaryl/α,β-unsaturated/α-hetero) is 1. The lowest BCUT2D eigenvalue weighted by molar-refractivity contribution is -0.136. The van der Waals surface area contributed by atoms with Crippen molar-refractivity contribution in [3.8, 4) is 11.3 Å². The SMILES string of the molecule is Cc1cc(C)cc(-c2[nH]c3sc(C(C)(C)C(=O)C4C5CCC4NC5)cc3c2CCN2CCC(CC(=O)N3CCOCC3)CC2)c1. The molecule has 1 aromatic carbocycles. The Kier molecular flexibility index (Phi) is 8.70. The second-order valence-electron chi connectivity index (χ2n) is 14.8. The van der Waals surface area contributed by atoms with Crippen LogP contribution in [0.1, 0.15) is 67.5 Å². The summed E-state index contributed by atoms with van der Waals surface area (Å²) in [5.74, 6) is 1.84. The van der Waals surface area contributed by atoms with Crippen LogP contribution in [0.2, 0.25) is 0 Å². The molecule has 1 saturated carbocycles. The number of rotatable bonds is 9. The van der Waals surface area contributed by atoms with E-state index in [1.165, 1.54) is 49.5 Å². The lowest BCUT2D eigenvalue weighted by Gasteiger charge is -2.33. The average molecular weight is 631 g/mol. The molecule has 0 spiro atoms. The van der Waals surface area contributed by atoms with E-state index < -0.39 is 5.41 Å². The Bertz CT molecular complexity index is 1520. The van der Waals surface area contributed by atoms with Crippen molar-refractivity contribution in [1.82, 2.24) is 20.1 Å². The number of carbonyl (C=O) groups excluding carboxylic acids is 2. The van der Waals surface area contributed by atoms with Crippen molar-refractivity contribution in [3.63, 3.8) is 0 Å². The van der Waals surface area contributed by atoms with Crippen molar-refractivity contribution in [3.05, 3.63) is 45.8 Å². The molecule has 45 heavy (non-hydrogen) atoms. The number of aromatic nitrogens is 1. The van der Waals surface area contributed by atoms with Crippen molar-refractivity contribution in [2.24, 2.45) is 17.8 Å². The maximum absolute atomic E-state index is 14.0. The molecule has 0 radical (unpaired) electrons. The molecule has 7 nitrogen and oxygen atoms in total. The molecule has 2 aromatic heterocycles. The van der Waals surface area contributed by atoms with Gasteiger partial charge in [-0.3, -0.25) is 9.59 Å². The lowest BCUT2D eigenvalue weighted by Crippen LogP contribution is -2.42. The van der Waals surface area contributed by atoms with Crippen LogP contribution in [0.4, 0.5) is 0 Å². The fourth-order valence-electron chi connectivity index (χ4n) is 8.61. The van der Waals surface area contributed by atoms with Gasteiger partial charge in [0, 0.05) is 48.3 Å². The third-order valence-electron chi connectivity index (χ3n) is 11.3. The van der Waals surface area contributed by atoms with E-state index in [0.29, 0.717) is 49.2 Å². The number of likely N-dealkylation sites (tertiary alicyclic amines) is 1. The molecule has 3 saturated heterocycles. The van der Waals surface area contributed by atoms with Gasteiger partial charge in [-0.05, 0) is 121 Å². The number of ketones is 1. The number of carbonyl (C=O) groups is 2. The third-order valence-corrected chi connectivity index (χ3v) is 12.7. The number of nitrogens with one attached hydrogen (secondary N) is 2. The number of hydrogen-bond donors (Lipinski definition) is 2. The molecule has 4 aliphatic rings. The van der Waals surface area contributed by atoms with Crippen LogP contribution in [-0.2, 0) is 26.2 Å². The van der Waals surface area contributed by atoms with Crippen LogP contribution in [0.25, 0.3) is 21.5 Å². The second-order valence-corrected chi connectivity index (χ2v) is 15.9. The normalized spacial score (nSPS) is 24.6. The number of hydrogen-bond acceptors (Lipinski definition) is 6. The van der Waals surface area contributed by atoms with Gasteiger partial charge in [-0.2, -0.15) is 0 Å². The molecular weight excluding hydrogens is 580 g/mol. The summed E-state index contributed by atoms with van der Waals surface area (Å²) in [6.45, 7) is 15.5. The van der Waals surface area contributed by atoms with Crippen LogP contribution in [0, 0.1) is 31.6 Å². The van der Waals surface area contributed by atoms with Gasteiger partial charge in [-0.1, -0.05) is 17.2 Å². The number of aromatic amines is 1. The highest BCUT2D eigenvalue weighted by atomic mass is 32.1. The number of thiophene rings is 1. The topological polar surface area (TPSA) is 77.7 Å². The van der Waals surface area contributed by atoms with Crippen LogP contribution < -0.4 is 5.32 Å². The van der Waals surface area contributed by atoms with E-state index >= 15 is 0 Å². The van der Waals surface area contributed by atoms with E-state index in [1.54, 1.807) is 11.3 Å². The Morgan fingerprint density at radius 3 is 2.36 bits per heavy atom. The minimum Gasteiger partial charge on any atom is -0.378 e. The van der Waals surface area contributed by atoms with Crippen LogP contribution in [0.5, 0.6) is 0 Å². The summed E-state index contributed by atoms with van der Waals surface area (Å²) in [5, 5.41) is 4.88. The molecular formula is C37H50N4O3S. The molecule has 2 bridgehead atoms. The maximum Gasteiger partial charge on any atom is 0.223 e. The first kappa shape index (κ1) is 31.1. The summed E-state index contributed by atoms with van der Waals surface area (Å²) >= 11 is 1.78. The molecule has 3 unspecified atom stereocenters. The molecule has 7 rings (SSSR count). The Hall–Kier alpha value is -2.52. The Morgan fingerprint density at radius 1 is 0.978 bits per heavy atom. The Balaban J connectivity index is 1.09. The summed E-state index contributed by atoms with van der Waals surface area (Å²) in [4.78, 5) is 37.6. The van der Waals surface area contributed by atoms with Gasteiger partial charge in [0.05, 0.1) is 24.3 Å². The first-order valence-corrected chi connectivity index (χ1v) is 18.1. The van der Waals surface area contributed by atoms with Gasteiger partial charge < -0.3 is 24.8 Å². The van der Waals surface area contributed by atoms with E-state index in [9.17, 15) is 9.59 Å². The highest BCUT2D eigenvalue weighted by Gasteiger charge is 2.50. The molecule has 4 fully saturated rings. The fraction of sp³-hybridized carbons (Fsp3) is 0.622. The van der Waals surface area contributed by atoms with Gasteiger partial charge in [0.15, 0.2) is 0 Å². The highest BCUT2D eigenvalue weighted by Crippen LogP contribution is 2.45. The zero-order chi connectivity index (χ0) is 31.3. The molecule has 3 aliphatic heterocycles. The van der Waals surface area contributed by atoms with Crippen molar-refractivity contribution < 1.29 is 14.3 Å². The van der Waals surface area contributed by atoms with Crippen molar-refractivity contribution >= 4 is 33.2 Å². The smallest absolute Gasteiger partial charge is 0.223 e. The lowest BCUT2D eigenvalue weighted by atomic mass is 9.76. The largest absolute Gasteiger partial charge is 0.378 e. The molecule has 242 valence electrons. The number of aryl methyl sites for hydroxylation is 2. The number of piperidine rings is 2. The quantitative estimate of drug-likeness (QED) is 0.310. The van der Waals surface area contributed by atoms with Crippen molar-refractivity contribution in [2.45, 2.75) is 77.7 Å². The number of benzene rings is 1. The molecule has 2 N–H and O–H groups in total. The molecule has 3 atom stereocenters. The zero-order valence-corrected chi connectivity index (χ0v) is 28.4. The minimum atomic E-state index is -0.500. The predicted octanol–water partition coefficient (Wildman–Crippen LogP) is 5.86. The van der Waals surface area contributed by atoms with Crippen LogP contribution in [0.15, 0.2) is 24.3 Å². The van der Waals surface area contributed by atoms with Gasteiger partial charge in [-0.15, -0.1) is 11.3 Å². The van der Waals surface area contributed by atoms with Crippen molar-refractivity contribution in [2.75, 3.05) is 52.5 Å². The molecule has 5 heterocycles. The van der Waals surface area contributed by atoms with Gasteiger partial charge in [0.2, 0.25) is 5.91 Å². The Labute approximate surface area is 272 Å². The van der Waals surface area contributed by atoms with Crippen molar-refractivity contribution in [1.29, 1.82) is 0 Å². The van der Waals surface area contributed by atoms with Crippen LogP contribution in [0.3, 0.4) is 0 Å². The van der Waals surface area contributed by atoms with Gasteiger partial charge >= 0.3 is 0 Å². The Morgan fingerprint density at radius 2 is 1.71 bits per heavy atom. The number of H-pyrrole nitrogens is 1. The van der Waals surface area contributed by atoms with Gasteiger partial charge in [-0.25, -0.2) is 0 Å². The maximum atomic E-state index is 14.0. The number of nitrogens with zero attached hydrogens (tertiary/aromatic N) is 2. The monoisotopic (exact) mass is 630 g/mol. The summed E-state index contributed by atoms with van der Waals surface area (Å²) < 4.78 is 5.43. The minimum absolute atomic E-state index is 0.151. The van der Waals surface area contributed by atoms with Crippen LogP contribution >= 0.6 is 11.3 Å². The summed E-state index contributed by atoms with van der Waals surface area (Å²) in [5.41, 5.74) is 5.89. The number of ether oxygens (including phenoxy) is 1. The average Bonchev–Trinajstić information content (AvgIpc) is 3.81. The predicted molar refractivity (Wildman–Crippen MR) is 182 cm³/mol. The number of fused-ring (bicyclic) bond motifs is 3. The van der Waals surface area contributed by atoms with Gasteiger partial charge in [0.25, 0.3) is 0 Å². The fourth-order valence-corrected chi connectivity index (χ4v) is 9.81. The first-order chi connectivity index (χ1) is 21.7. The first-order valence-electron chi connectivity index (χ1n) is 17.3. The number of morpholine rings is 1. The van der Waals surface area contributed by atoms with E-state index in [4.69, 9.17) is 4.74 Å². The molecule has 8 heteroatoms. The highest BCUT2D eigenvalue weighted by molar-refractivity contribution is 7.19. The van der Waals surface area contributed by atoms with E-state index in [-0.39, 0.29) is 5.92 Å². The number of amides is 1. The summed E-state index contributed by atoms with van der Waals surface area (Å²) in [6, 6.07) is 9.52. The molecule has 3 aromatic rings. The molecule has 1 aliphatic carbocycles. The zero-order valence-electron chi connectivity index (χ0n) is 27.5. The standard InChI is InChI=1S/C37H50N4O3S/c1-23-17-24(2)19-27(18-23)34-28(9-12-40-10-7-25(8-11-40)20-32(42)41-13-15-44-16-14-41)29-21-31(45-36(29)39-34)37(3,4)35(43)33-26-5-6-30(33)38-22-26/h17-19,21,25-26,30,33,38-39H,5-16,20,22H2,1-4H3. The van der Waals surface area contributed by atoms with Crippen LogP contribution in [-0.4, -0.2) is 85.0 Å². The third kappa shape index (κ3) is 6.16. The van der Waals surface area contributed by atoms with Gasteiger partial charge in [0.1, 0.15) is 10.6 Å².